The van der Waals surface area contributed by atoms with Crippen LogP contribution in [0, 0.1) is 52.7 Å². The Balaban J connectivity index is 1.09. The van der Waals surface area contributed by atoms with Gasteiger partial charge in [-0.05, 0) is 98.5 Å². The number of Topliss-reactive ketones (excluding diaryl/α,β-unsaturated/α-hetero) is 1. The lowest BCUT2D eigenvalue weighted by Gasteiger charge is -2.55. The molecule has 7 heteroatoms. The van der Waals surface area contributed by atoms with Gasteiger partial charge in [0, 0.05) is 25.0 Å². The fourth-order valence-corrected chi connectivity index (χ4v) is 9.97. The molecule has 0 spiro atoms. The number of fused-ring (bicyclic) bond motifs is 8. The fourth-order valence-electron chi connectivity index (χ4n) is 9.97. The zero-order valence-electron chi connectivity index (χ0n) is 20.7. The number of aromatic nitrogens is 3. The lowest BCUT2D eigenvalue weighted by Crippen LogP contribution is -2.50. The Morgan fingerprint density at radius 3 is 2.71 bits per heavy atom. The molecule has 0 aliphatic heterocycles. The summed E-state index contributed by atoms with van der Waals surface area (Å²) in [6.45, 7) is 2.54. The second kappa shape index (κ2) is 7.58. The monoisotopic (exact) mass is 481 g/mol. The van der Waals surface area contributed by atoms with E-state index in [4.69, 9.17) is 4.74 Å². The summed E-state index contributed by atoms with van der Waals surface area (Å²) in [7, 11) is 1.75. The molecule has 1 N–H and O–H groups in total. The third-order valence-corrected chi connectivity index (χ3v) is 11.5. The first-order valence-corrected chi connectivity index (χ1v) is 13.6. The minimum atomic E-state index is -0.564. The van der Waals surface area contributed by atoms with Gasteiger partial charge in [-0.25, -0.2) is 9.07 Å². The molecule has 0 amide bonds. The smallest absolute Gasteiger partial charge is 0.157 e. The molecule has 2 unspecified atom stereocenters. The molecule has 2 aromatic rings. The number of benzene rings is 1. The molecule has 0 radical (unpaired) electrons. The first-order valence-electron chi connectivity index (χ1n) is 13.6. The zero-order valence-corrected chi connectivity index (χ0v) is 20.7. The van der Waals surface area contributed by atoms with Gasteiger partial charge >= 0.3 is 0 Å². The first kappa shape index (κ1) is 22.3. The number of carbonyl (C=O) groups is 1. The van der Waals surface area contributed by atoms with Gasteiger partial charge in [-0.2, -0.15) is 0 Å². The van der Waals surface area contributed by atoms with E-state index >= 15 is 0 Å². The third kappa shape index (κ3) is 3.03. The van der Waals surface area contributed by atoms with E-state index in [0.29, 0.717) is 40.6 Å². The van der Waals surface area contributed by atoms with Crippen molar-refractivity contribution in [3.63, 3.8) is 0 Å². The zero-order chi connectivity index (χ0) is 24.1. The van der Waals surface area contributed by atoms with Crippen molar-refractivity contribution in [2.45, 2.75) is 76.5 Å². The van der Waals surface area contributed by atoms with E-state index in [2.05, 4.69) is 17.2 Å². The van der Waals surface area contributed by atoms with Crippen molar-refractivity contribution in [3.8, 4) is 0 Å². The summed E-state index contributed by atoms with van der Waals surface area (Å²) >= 11 is 0. The number of hydrogen-bond donors (Lipinski definition) is 1. The first-order chi connectivity index (χ1) is 16.8. The highest BCUT2D eigenvalue weighted by Gasteiger charge is 2.72. The maximum Gasteiger partial charge on any atom is 0.157 e. The van der Waals surface area contributed by atoms with Crippen molar-refractivity contribution >= 4 is 16.8 Å². The summed E-state index contributed by atoms with van der Waals surface area (Å²) in [5.74, 6) is 3.59. The fraction of sp³-hybridized carbons (Fsp3) is 0.750. The summed E-state index contributed by atoms with van der Waals surface area (Å²) in [4.78, 5) is 13.6. The summed E-state index contributed by atoms with van der Waals surface area (Å²) < 4.78 is 21.1. The summed E-state index contributed by atoms with van der Waals surface area (Å²) in [5, 5.41) is 19.3. The van der Waals surface area contributed by atoms with Crippen LogP contribution in [0.3, 0.4) is 0 Å². The Morgan fingerprint density at radius 2 is 1.89 bits per heavy atom. The molecule has 1 heterocycles. The Morgan fingerprint density at radius 1 is 1.11 bits per heavy atom. The van der Waals surface area contributed by atoms with Crippen LogP contribution in [0.2, 0.25) is 0 Å². The van der Waals surface area contributed by atoms with E-state index in [-0.39, 0.29) is 35.6 Å². The van der Waals surface area contributed by atoms with Crippen LogP contribution in [-0.2, 0) is 16.1 Å². The van der Waals surface area contributed by atoms with Gasteiger partial charge in [0.15, 0.2) is 5.78 Å². The molecular weight excluding hydrogens is 445 g/mol. The molecule has 188 valence electrons. The second-order valence-corrected chi connectivity index (χ2v) is 12.6. The Bertz CT molecular complexity index is 1180. The van der Waals surface area contributed by atoms with Gasteiger partial charge in [-0.3, -0.25) is 4.79 Å². The highest BCUT2D eigenvalue weighted by molar-refractivity contribution is 5.84. The molecule has 1 aromatic carbocycles. The maximum absolute atomic E-state index is 13.8. The highest BCUT2D eigenvalue weighted by Crippen LogP contribution is 2.69. The number of rotatable bonds is 4. The molecule has 10 atom stereocenters. The minimum Gasteiger partial charge on any atom is -0.387 e. The summed E-state index contributed by atoms with van der Waals surface area (Å²) in [6.07, 6.45) is 8.85. The van der Waals surface area contributed by atoms with E-state index in [9.17, 15) is 14.3 Å². The van der Waals surface area contributed by atoms with E-state index in [1.54, 1.807) is 17.9 Å². The van der Waals surface area contributed by atoms with Crippen molar-refractivity contribution in [2.75, 3.05) is 7.11 Å². The molecule has 7 rings (SSSR count). The average molecular weight is 482 g/mol. The lowest BCUT2D eigenvalue weighted by atomic mass is 9.49. The van der Waals surface area contributed by atoms with E-state index < -0.39 is 5.60 Å². The Labute approximate surface area is 205 Å². The maximum atomic E-state index is 13.8. The standard InChI is InChI=1S/C28H36FN3O3/c1-27-11-9-16-17-10-12-28(34)25(26(28)35-2)19(17)5-4-18(16)20(27)6-7-21(27)24(33)14-32-23-13-15(29)3-8-22(23)30-31-32/h3,8,13,16-21,25-26,34H,4-7,9-12,14H2,1-2H3/t16-,17-,18-,19-,20+,21-,25?,26?,27+,28-/m1/s1. The van der Waals surface area contributed by atoms with Crippen LogP contribution in [0.5, 0.6) is 0 Å². The van der Waals surface area contributed by atoms with Gasteiger partial charge in [0.1, 0.15) is 17.9 Å². The van der Waals surface area contributed by atoms with E-state index in [1.165, 1.54) is 31.4 Å². The summed E-state index contributed by atoms with van der Waals surface area (Å²) in [6, 6.07) is 4.42. The van der Waals surface area contributed by atoms with Crippen LogP contribution in [0.4, 0.5) is 4.39 Å². The number of ketones is 1. The van der Waals surface area contributed by atoms with Gasteiger partial charge in [-0.15, -0.1) is 5.10 Å². The Kier molecular flexibility index (Phi) is 4.84. The number of aliphatic hydroxyl groups is 1. The van der Waals surface area contributed by atoms with E-state index in [1.807, 2.05) is 0 Å². The van der Waals surface area contributed by atoms with Gasteiger partial charge in [0.25, 0.3) is 0 Å². The van der Waals surface area contributed by atoms with Crippen molar-refractivity contribution in [3.05, 3.63) is 24.0 Å². The molecule has 0 bridgehead atoms. The number of nitrogens with zero attached hydrogens (tertiary/aromatic N) is 3. The Hall–Kier alpha value is -1.86. The molecule has 6 nitrogen and oxygen atoms in total. The number of carbonyl (C=O) groups excluding carboxylic acids is 1. The van der Waals surface area contributed by atoms with Crippen molar-refractivity contribution in [1.82, 2.24) is 15.0 Å². The van der Waals surface area contributed by atoms with Crippen molar-refractivity contribution in [1.29, 1.82) is 0 Å². The van der Waals surface area contributed by atoms with Gasteiger partial charge in [0.2, 0.25) is 0 Å². The lowest BCUT2D eigenvalue weighted by molar-refractivity contribution is -0.131. The quantitative estimate of drug-likeness (QED) is 0.701. The third-order valence-electron chi connectivity index (χ3n) is 11.5. The van der Waals surface area contributed by atoms with Crippen LogP contribution in [0.15, 0.2) is 18.2 Å². The molecule has 5 aliphatic rings. The normalized spacial score (nSPS) is 45.9. The number of ether oxygens (including phenoxy) is 1. The molecule has 0 saturated heterocycles. The average Bonchev–Trinajstić information content (AvgIpc) is 3.08. The molecule has 5 saturated carbocycles. The molecule has 1 aromatic heterocycles. The molecule has 5 fully saturated rings. The van der Waals surface area contributed by atoms with Crippen molar-refractivity contribution in [2.24, 2.45) is 46.8 Å². The van der Waals surface area contributed by atoms with Crippen molar-refractivity contribution < 1.29 is 19.0 Å². The second-order valence-electron chi connectivity index (χ2n) is 12.6. The molecule has 35 heavy (non-hydrogen) atoms. The number of hydrogen-bond acceptors (Lipinski definition) is 5. The molecule has 5 aliphatic carbocycles. The van der Waals surface area contributed by atoms with Gasteiger partial charge in [0.05, 0.1) is 17.2 Å². The number of methoxy groups -OCH3 is 1. The van der Waals surface area contributed by atoms with Crippen LogP contribution in [0.1, 0.15) is 58.3 Å². The minimum absolute atomic E-state index is 0.0385. The predicted octanol–water partition coefficient (Wildman–Crippen LogP) is 4.39. The van der Waals surface area contributed by atoms with Crippen LogP contribution in [-0.4, -0.2) is 44.7 Å². The van der Waals surface area contributed by atoms with E-state index in [0.717, 1.165) is 38.0 Å². The van der Waals surface area contributed by atoms with Crippen LogP contribution in [0.25, 0.3) is 11.0 Å². The van der Waals surface area contributed by atoms with Gasteiger partial charge < -0.3 is 9.84 Å². The number of halogens is 1. The largest absolute Gasteiger partial charge is 0.387 e. The highest BCUT2D eigenvalue weighted by atomic mass is 19.1. The van der Waals surface area contributed by atoms with Crippen LogP contribution >= 0.6 is 0 Å². The molecular formula is C28H36FN3O3. The SMILES string of the molecule is COC1C2[C@@H]3CC[C@@H]4[C@H](CC[C@]5(C)[C@@H](C(=O)Cn6nnc7ccc(F)cc76)CC[C@@H]45)[C@H]3CC[C@]12O. The van der Waals surface area contributed by atoms with Crippen LogP contribution < -0.4 is 0 Å². The summed E-state index contributed by atoms with van der Waals surface area (Å²) in [5.41, 5.74) is 0.687. The predicted molar refractivity (Wildman–Crippen MR) is 128 cm³/mol. The topological polar surface area (TPSA) is 77.2 Å². The van der Waals surface area contributed by atoms with Gasteiger partial charge in [-0.1, -0.05) is 12.1 Å².